The number of unbranched alkanes of at least 4 members (excludes halogenated alkanes) is 8. The average molecular weight is 403 g/mol. The van der Waals surface area contributed by atoms with Crippen LogP contribution in [0.1, 0.15) is 105 Å². The minimum absolute atomic E-state index is 0.262. The zero-order valence-corrected chi connectivity index (χ0v) is 18.5. The highest BCUT2D eigenvalue weighted by molar-refractivity contribution is 5.63. The van der Waals surface area contributed by atoms with Crippen LogP contribution >= 0.6 is 0 Å². The molecule has 0 atom stereocenters. The van der Waals surface area contributed by atoms with Gasteiger partial charge in [0.05, 0.1) is 13.2 Å². The van der Waals surface area contributed by atoms with Crippen molar-refractivity contribution in [1.82, 2.24) is 0 Å². The van der Waals surface area contributed by atoms with Crippen LogP contribution < -0.4 is 0 Å². The molecule has 166 valence electrons. The van der Waals surface area contributed by atoms with Crippen molar-refractivity contribution in [2.75, 3.05) is 13.2 Å². The molecule has 0 aliphatic carbocycles. The molecular formula is C22H42O6. The maximum atomic E-state index is 11.3. The molecule has 0 aromatic carbocycles. The first kappa shape index (κ1) is 26.5. The molecule has 6 nitrogen and oxygen atoms in total. The van der Waals surface area contributed by atoms with Crippen LogP contribution in [0.3, 0.4) is 0 Å². The van der Waals surface area contributed by atoms with Crippen molar-refractivity contribution >= 4 is 12.3 Å². The summed E-state index contributed by atoms with van der Waals surface area (Å²) in [5.74, 6) is 1.51. The van der Waals surface area contributed by atoms with Gasteiger partial charge >= 0.3 is 12.3 Å². The molecule has 0 aliphatic rings. The standard InChI is InChI=1S/C22H42O6/c1-19(2)15-11-7-5-9-13-17-25-21(23)27-28-22(24)26-18-14-10-6-8-12-16-20(3)4/h19-20H,5-18H2,1-4H3. The van der Waals surface area contributed by atoms with Gasteiger partial charge in [-0.3, -0.25) is 0 Å². The lowest BCUT2D eigenvalue weighted by molar-refractivity contribution is -0.217. The Bertz CT molecular complexity index is 345. The van der Waals surface area contributed by atoms with E-state index in [4.69, 9.17) is 9.47 Å². The van der Waals surface area contributed by atoms with Gasteiger partial charge in [-0.25, -0.2) is 0 Å². The summed E-state index contributed by atoms with van der Waals surface area (Å²) < 4.78 is 9.68. The fraction of sp³-hybridized carbons (Fsp3) is 0.909. The van der Waals surface area contributed by atoms with Gasteiger partial charge in [-0.1, -0.05) is 91.9 Å². The Hall–Kier alpha value is -1.46. The molecule has 0 radical (unpaired) electrons. The molecule has 0 bridgehead atoms. The molecule has 0 fully saturated rings. The maximum Gasteiger partial charge on any atom is 0.549 e. The van der Waals surface area contributed by atoms with E-state index in [0.717, 1.165) is 50.4 Å². The highest BCUT2D eigenvalue weighted by Crippen LogP contribution is 2.11. The Morgan fingerprint density at radius 3 is 1.21 bits per heavy atom. The molecular weight excluding hydrogens is 360 g/mol. The van der Waals surface area contributed by atoms with E-state index < -0.39 is 12.3 Å². The first-order valence-electron chi connectivity index (χ1n) is 11.1. The number of ether oxygens (including phenoxy) is 2. The van der Waals surface area contributed by atoms with E-state index >= 15 is 0 Å². The van der Waals surface area contributed by atoms with Crippen molar-refractivity contribution in [3.8, 4) is 0 Å². The molecule has 0 saturated heterocycles. The van der Waals surface area contributed by atoms with Crippen LogP contribution in [0.25, 0.3) is 0 Å². The molecule has 28 heavy (non-hydrogen) atoms. The summed E-state index contributed by atoms with van der Waals surface area (Å²) in [5, 5.41) is 0. The number of carbonyl (C=O) groups excluding carboxylic acids is 2. The van der Waals surface area contributed by atoms with E-state index in [2.05, 4.69) is 37.5 Å². The Morgan fingerprint density at radius 2 is 0.857 bits per heavy atom. The zero-order valence-electron chi connectivity index (χ0n) is 18.5. The molecule has 0 saturated carbocycles. The third kappa shape index (κ3) is 20.8. The molecule has 0 aliphatic heterocycles. The minimum atomic E-state index is -1.01. The molecule has 0 aromatic rings. The molecule has 6 heteroatoms. The van der Waals surface area contributed by atoms with Crippen LogP contribution in [0.5, 0.6) is 0 Å². The van der Waals surface area contributed by atoms with Gasteiger partial charge in [0.15, 0.2) is 0 Å². The first-order chi connectivity index (χ1) is 13.4. The van der Waals surface area contributed by atoms with Crippen molar-refractivity contribution in [3.63, 3.8) is 0 Å². The summed E-state index contributed by atoms with van der Waals surface area (Å²) in [4.78, 5) is 31.2. The van der Waals surface area contributed by atoms with Crippen molar-refractivity contribution in [2.45, 2.75) is 105 Å². The zero-order chi connectivity index (χ0) is 21.0. The van der Waals surface area contributed by atoms with Crippen LogP contribution in [-0.4, -0.2) is 25.5 Å². The summed E-state index contributed by atoms with van der Waals surface area (Å²) >= 11 is 0. The van der Waals surface area contributed by atoms with Gasteiger partial charge in [0.2, 0.25) is 0 Å². The van der Waals surface area contributed by atoms with Gasteiger partial charge in [0.25, 0.3) is 0 Å². The first-order valence-corrected chi connectivity index (χ1v) is 11.1. The predicted molar refractivity (Wildman–Crippen MR) is 110 cm³/mol. The number of carbonyl (C=O) groups is 2. The number of rotatable bonds is 16. The molecule has 0 amide bonds. The number of hydrogen-bond donors (Lipinski definition) is 0. The lowest BCUT2D eigenvalue weighted by Gasteiger charge is -2.06. The van der Waals surface area contributed by atoms with E-state index in [1.54, 1.807) is 0 Å². The van der Waals surface area contributed by atoms with E-state index in [1.807, 2.05) is 0 Å². The SMILES string of the molecule is CC(C)CCCCCCCOC(=O)OOC(=O)OCCCCCCCC(C)C. The summed E-state index contributed by atoms with van der Waals surface area (Å²) in [6.45, 7) is 9.44. The van der Waals surface area contributed by atoms with Crippen LogP contribution in [0.2, 0.25) is 0 Å². The maximum absolute atomic E-state index is 11.3. The van der Waals surface area contributed by atoms with Crippen molar-refractivity contribution in [3.05, 3.63) is 0 Å². The van der Waals surface area contributed by atoms with Crippen molar-refractivity contribution in [1.29, 1.82) is 0 Å². The van der Waals surface area contributed by atoms with Gasteiger partial charge in [-0.05, 0) is 24.7 Å². The monoisotopic (exact) mass is 402 g/mol. The highest BCUT2D eigenvalue weighted by Gasteiger charge is 2.11. The highest BCUT2D eigenvalue weighted by atomic mass is 17.3. The second kappa shape index (κ2) is 18.9. The average Bonchev–Trinajstić information content (AvgIpc) is 2.63. The van der Waals surface area contributed by atoms with E-state index in [-0.39, 0.29) is 13.2 Å². The van der Waals surface area contributed by atoms with Gasteiger partial charge in [0.1, 0.15) is 0 Å². The van der Waals surface area contributed by atoms with Gasteiger partial charge in [-0.15, -0.1) is 0 Å². The second-order valence-corrected chi connectivity index (χ2v) is 8.26. The van der Waals surface area contributed by atoms with E-state index in [1.165, 1.54) is 38.5 Å². The molecule has 0 N–H and O–H groups in total. The third-order valence-corrected chi connectivity index (χ3v) is 4.47. The van der Waals surface area contributed by atoms with Crippen molar-refractivity contribution < 1.29 is 28.8 Å². The second-order valence-electron chi connectivity index (χ2n) is 8.26. The lowest BCUT2D eigenvalue weighted by atomic mass is 10.0. The molecule has 0 aromatic heterocycles. The Labute approximate surface area is 171 Å². The Kier molecular flexibility index (Phi) is 17.9. The lowest BCUT2D eigenvalue weighted by Crippen LogP contribution is -2.14. The van der Waals surface area contributed by atoms with Crippen LogP contribution in [0, 0.1) is 11.8 Å². The summed E-state index contributed by atoms with van der Waals surface area (Å²) in [6, 6.07) is 0. The smallest absolute Gasteiger partial charge is 0.432 e. The summed E-state index contributed by atoms with van der Waals surface area (Å²) in [6.07, 6.45) is 11.2. The largest absolute Gasteiger partial charge is 0.549 e. The topological polar surface area (TPSA) is 71.1 Å². The van der Waals surface area contributed by atoms with Crippen LogP contribution in [-0.2, 0) is 19.2 Å². The van der Waals surface area contributed by atoms with E-state index in [9.17, 15) is 9.59 Å². The fourth-order valence-corrected chi connectivity index (χ4v) is 2.80. The van der Waals surface area contributed by atoms with E-state index in [0.29, 0.717) is 0 Å². The van der Waals surface area contributed by atoms with Gasteiger partial charge in [-0.2, -0.15) is 19.4 Å². The minimum Gasteiger partial charge on any atom is -0.432 e. The predicted octanol–water partition coefficient (Wildman–Crippen LogP) is 7.20. The third-order valence-electron chi connectivity index (χ3n) is 4.47. The molecule has 0 unspecified atom stereocenters. The van der Waals surface area contributed by atoms with Gasteiger partial charge < -0.3 is 9.47 Å². The quantitative estimate of drug-likeness (QED) is 0.118. The summed E-state index contributed by atoms with van der Waals surface area (Å²) in [7, 11) is 0. The molecule has 0 heterocycles. The Balaban J connectivity index is 3.36. The van der Waals surface area contributed by atoms with Crippen LogP contribution in [0.15, 0.2) is 0 Å². The van der Waals surface area contributed by atoms with Crippen LogP contribution in [0.4, 0.5) is 9.59 Å². The number of hydrogen-bond acceptors (Lipinski definition) is 6. The Morgan fingerprint density at radius 1 is 0.536 bits per heavy atom. The molecule has 0 spiro atoms. The normalized spacial score (nSPS) is 10.9. The van der Waals surface area contributed by atoms with Gasteiger partial charge in [0, 0.05) is 0 Å². The van der Waals surface area contributed by atoms with Crippen molar-refractivity contribution in [2.24, 2.45) is 11.8 Å². The fourth-order valence-electron chi connectivity index (χ4n) is 2.80. The summed E-state index contributed by atoms with van der Waals surface area (Å²) in [5.41, 5.74) is 0. The molecule has 0 rings (SSSR count).